The van der Waals surface area contributed by atoms with Crippen molar-refractivity contribution in [1.82, 2.24) is 15.0 Å². The molecule has 7 aromatic carbocycles. The Balaban J connectivity index is 1.15. The van der Waals surface area contributed by atoms with Crippen molar-refractivity contribution in [1.29, 1.82) is 5.26 Å². The third kappa shape index (κ3) is 5.83. The average molecular weight is 726 g/mol. The van der Waals surface area contributed by atoms with E-state index >= 15 is 0 Å². The van der Waals surface area contributed by atoms with Gasteiger partial charge in [0, 0.05) is 34.6 Å². The highest BCUT2D eigenvalue weighted by Crippen LogP contribution is 2.52. The number of fused-ring (bicyclic) bond motifs is 4. The predicted octanol–water partition coefficient (Wildman–Crippen LogP) is 12.7. The van der Waals surface area contributed by atoms with Crippen molar-refractivity contribution in [2.45, 2.75) is 5.54 Å². The summed E-state index contributed by atoms with van der Waals surface area (Å²) in [6, 6.07) is 62.2. The normalized spacial score (nSPS) is 14.0. The standard InChI is InChI=1S/C52H31N5/c1-54-52(33-53)47-30-40(22-23-45(47)46-28-38-15-8-9-16-39(38)29-48(46)52)42-25-43(41-17-10-24-55-32-41)27-44(26-42)50-31-49(56-51(57-50)37-13-6-3-7-14-37)36-20-18-35(19-21-36)34-11-4-2-5-12-34/h2-32H. The van der Waals surface area contributed by atoms with E-state index in [-0.39, 0.29) is 0 Å². The minimum absolute atomic E-state index is 0.627. The molecule has 5 nitrogen and oxygen atoms in total. The summed E-state index contributed by atoms with van der Waals surface area (Å²) >= 11 is 0. The summed E-state index contributed by atoms with van der Waals surface area (Å²) in [5, 5.41) is 12.8. The van der Waals surface area contributed by atoms with Gasteiger partial charge in [0.1, 0.15) is 0 Å². The van der Waals surface area contributed by atoms with Crippen LogP contribution in [-0.2, 0) is 5.54 Å². The van der Waals surface area contributed by atoms with Gasteiger partial charge in [0.15, 0.2) is 11.9 Å². The Bertz CT molecular complexity index is 3060. The largest absolute Gasteiger partial charge is 0.367 e. The van der Waals surface area contributed by atoms with Crippen molar-refractivity contribution < 1.29 is 0 Å². The van der Waals surface area contributed by atoms with Gasteiger partial charge < -0.3 is 0 Å². The van der Waals surface area contributed by atoms with Crippen LogP contribution < -0.4 is 0 Å². The van der Waals surface area contributed by atoms with Crippen LogP contribution in [0.1, 0.15) is 11.1 Å². The Hall–Kier alpha value is -7.99. The van der Waals surface area contributed by atoms with Crippen molar-refractivity contribution in [3.63, 3.8) is 0 Å². The fraction of sp³-hybridized carbons (Fsp3) is 0.0192. The third-order valence-corrected chi connectivity index (χ3v) is 10.9. The van der Waals surface area contributed by atoms with E-state index in [1.54, 1.807) is 6.20 Å². The number of hydrogen-bond donors (Lipinski definition) is 0. The molecule has 10 rings (SSSR count). The minimum atomic E-state index is -1.46. The zero-order valence-electron chi connectivity index (χ0n) is 30.6. The molecule has 1 atom stereocenters. The second-order valence-corrected chi connectivity index (χ2v) is 14.3. The molecular weight excluding hydrogens is 695 g/mol. The van der Waals surface area contributed by atoms with Crippen LogP contribution in [0.2, 0.25) is 0 Å². The van der Waals surface area contributed by atoms with E-state index in [9.17, 15) is 5.26 Å². The summed E-state index contributed by atoms with van der Waals surface area (Å²) in [6.07, 6.45) is 3.63. The lowest BCUT2D eigenvalue weighted by molar-refractivity contribution is 0.857. The topological polar surface area (TPSA) is 66.8 Å². The maximum Gasteiger partial charge on any atom is 0.367 e. The number of nitriles is 1. The van der Waals surface area contributed by atoms with Crippen molar-refractivity contribution in [2.24, 2.45) is 0 Å². The molecule has 57 heavy (non-hydrogen) atoms. The molecule has 1 aliphatic carbocycles. The molecule has 0 fully saturated rings. The lowest BCUT2D eigenvalue weighted by Gasteiger charge is -2.15. The maximum atomic E-state index is 10.8. The monoisotopic (exact) mass is 725 g/mol. The van der Waals surface area contributed by atoms with Crippen LogP contribution in [-0.4, -0.2) is 15.0 Å². The SMILES string of the molecule is [C-]#[N+]C1(C#N)c2cc(-c3cc(-c4cccnc4)cc(-c4cc(-c5ccc(-c6ccccc6)cc5)nc(-c5ccccc5)n4)c3)ccc2-c2cc3ccccc3cc21. The Labute approximate surface area is 330 Å². The molecule has 9 aromatic rings. The molecule has 0 amide bonds. The second-order valence-electron chi connectivity index (χ2n) is 14.3. The lowest BCUT2D eigenvalue weighted by Crippen LogP contribution is -2.17. The van der Waals surface area contributed by atoms with Crippen LogP contribution >= 0.6 is 0 Å². The highest BCUT2D eigenvalue weighted by molar-refractivity contribution is 5.96. The van der Waals surface area contributed by atoms with Crippen molar-refractivity contribution in [3.05, 3.63) is 211 Å². The molecule has 1 aliphatic rings. The molecule has 0 N–H and O–H groups in total. The summed E-state index contributed by atoms with van der Waals surface area (Å²) in [5.74, 6) is 0.627. The van der Waals surface area contributed by atoms with Crippen LogP contribution in [0.5, 0.6) is 0 Å². The predicted molar refractivity (Wildman–Crippen MR) is 228 cm³/mol. The summed E-state index contributed by atoms with van der Waals surface area (Å²) < 4.78 is 0. The van der Waals surface area contributed by atoms with E-state index in [4.69, 9.17) is 16.5 Å². The van der Waals surface area contributed by atoms with Crippen molar-refractivity contribution >= 4 is 10.8 Å². The lowest BCUT2D eigenvalue weighted by atomic mass is 9.87. The van der Waals surface area contributed by atoms with Gasteiger partial charge >= 0.3 is 5.54 Å². The fourth-order valence-corrected chi connectivity index (χ4v) is 8.00. The molecule has 0 saturated heterocycles. The van der Waals surface area contributed by atoms with Gasteiger partial charge in [0.05, 0.1) is 22.5 Å². The Morgan fingerprint density at radius 1 is 0.456 bits per heavy atom. The Morgan fingerprint density at radius 2 is 1.02 bits per heavy atom. The van der Waals surface area contributed by atoms with E-state index < -0.39 is 5.54 Å². The van der Waals surface area contributed by atoms with Gasteiger partial charge in [0.2, 0.25) is 0 Å². The molecule has 0 radical (unpaired) electrons. The van der Waals surface area contributed by atoms with Crippen LogP contribution in [0, 0.1) is 17.9 Å². The maximum absolute atomic E-state index is 10.8. The molecule has 5 heteroatoms. The Kier molecular flexibility index (Phi) is 8.07. The summed E-state index contributed by atoms with van der Waals surface area (Å²) in [7, 11) is 0. The summed E-state index contributed by atoms with van der Waals surface area (Å²) in [4.78, 5) is 18.8. The highest BCUT2D eigenvalue weighted by Gasteiger charge is 2.51. The van der Waals surface area contributed by atoms with Gasteiger partial charge in [-0.15, -0.1) is 0 Å². The highest BCUT2D eigenvalue weighted by atomic mass is 14.9. The average Bonchev–Trinajstić information content (AvgIpc) is 3.56. The van der Waals surface area contributed by atoms with E-state index in [2.05, 4.69) is 107 Å². The zero-order chi connectivity index (χ0) is 38.3. The van der Waals surface area contributed by atoms with E-state index in [0.29, 0.717) is 11.4 Å². The molecule has 2 heterocycles. The number of hydrogen-bond acceptors (Lipinski definition) is 4. The van der Waals surface area contributed by atoms with Crippen LogP contribution in [0.4, 0.5) is 0 Å². The first-order valence-corrected chi connectivity index (χ1v) is 18.7. The first kappa shape index (κ1) is 33.6. The molecule has 0 saturated carbocycles. The summed E-state index contributed by atoms with van der Waals surface area (Å²) in [6.45, 7) is 8.40. The minimum Gasteiger partial charge on any atom is -0.283 e. The quantitative estimate of drug-likeness (QED) is 0.160. The molecule has 1 unspecified atom stereocenters. The number of benzene rings is 7. The van der Waals surface area contributed by atoms with Crippen LogP contribution in [0.3, 0.4) is 0 Å². The van der Waals surface area contributed by atoms with E-state index in [0.717, 1.165) is 88.9 Å². The first-order chi connectivity index (χ1) is 28.1. The van der Waals surface area contributed by atoms with Crippen LogP contribution in [0.15, 0.2) is 188 Å². The van der Waals surface area contributed by atoms with Gasteiger partial charge in [-0.1, -0.05) is 127 Å². The number of pyridine rings is 1. The second kappa shape index (κ2) is 13.7. The number of nitrogens with zero attached hydrogens (tertiary/aromatic N) is 5. The molecule has 264 valence electrons. The van der Waals surface area contributed by atoms with Gasteiger partial charge in [-0.25, -0.2) is 16.5 Å². The molecule has 0 bridgehead atoms. The molecule has 2 aromatic heterocycles. The van der Waals surface area contributed by atoms with Gasteiger partial charge in [-0.3, -0.25) is 9.83 Å². The zero-order valence-corrected chi connectivity index (χ0v) is 30.6. The van der Waals surface area contributed by atoms with Crippen molar-refractivity contribution in [2.75, 3.05) is 0 Å². The smallest absolute Gasteiger partial charge is 0.283 e. The first-order valence-electron chi connectivity index (χ1n) is 18.7. The van der Waals surface area contributed by atoms with Crippen LogP contribution in [0.25, 0.3) is 94.0 Å². The number of aromatic nitrogens is 3. The third-order valence-electron chi connectivity index (χ3n) is 10.9. The molecular formula is C52H31N5. The molecule has 0 aliphatic heterocycles. The fourth-order valence-electron chi connectivity index (χ4n) is 8.00. The van der Waals surface area contributed by atoms with Gasteiger partial charge in [-0.05, 0) is 98.2 Å². The van der Waals surface area contributed by atoms with Crippen molar-refractivity contribution in [3.8, 4) is 84.5 Å². The van der Waals surface area contributed by atoms with Gasteiger partial charge in [-0.2, -0.15) is 5.26 Å². The van der Waals surface area contributed by atoms with E-state index in [1.807, 2.05) is 91.1 Å². The molecule has 0 spiro atoms. The summed E-state index contributed by atoms with van der Waals surface area (Å²) in [5.41, 5.74) is 12.2. The van der Waals surface area contributed by atoms with E-state index in [1.165, 1.54) is 0 Å². The van der Waals surface area contributed by atoms with Gasteiger partial charge in [0.25, 0.3) is 0 Å². The Morgan fingerprint density at radius 3 is 1.70 bits per heavy atom. The number of rotatable bonds is 6.